The van der Waals surface area contributed by atoms with Crippen LogP contribution < -0.4 is 10.1 Å². The third-order valence-corrected chi connectivity index (χ3v) is 5.04. The van der Waals surface area contributed by atoms with Crippen molar-refractivity contribution in [1.82, 2.24) is 19.9 Å². The molecule has 3 rings (SSSR count). The SMILES string of the molecule is Cc1nnsc1C(=O)NC1CCC(Oc2ccc(C(F)(F)F)cn2)CC1. The van der Waals surface area contributed by atoms with Crippen molar-refractivity contribution >= 4 is 17.4 Å². The summed E-state index contributed by atoms with van der Waals surface area (Å²) in [7, 11) is 0. The van der Waals surface area contributed by atoms with E-state index in [1.54, 1.807) is 6.92 Å². The number of amides is 1. The first kappa shape index (κ1) is 18.6. The minimum Gasteiger partial charge on any atom is -0.474 e. The van der Waals surface area contributed by atoms with Crippen LogP contribution in [-0.4, -0.2) is 32.6 Å². The van der Waals surface area contributed by atoms with E-state index in [0.717, 1.165) is 36.6 Å². The lowest BCUT2D eigenvalue weighted by atomic mass is 9.93. The maximum absolute atomic E-state index is 12.5. The number of rotatable bonds is 4. The largest absolute Gasteiger partial charge is 0.474 e. The van der Waals surface area contributed by atoms with Gasteiger partial charge >= 0.3 is 6.18 Å². The van der Waals surface area contributed by atoms with Crippen molar-refractivity contribution in [3.63, 3.8) is 0 Å². The highest BCUT2D eigenvalue weighted by Gasteiger charge is 2.31. The zero-order valence-electron chi connectivity index (χ0n) is 13.9. The van der Waals surface area contributed by atoms with E-state index in [1.165, 1.54) is 6.07 Å². The fraction of sp³-hybridized carbons (Fsp3) is 0.500. The Labute approximate surface area is 151 Å². The van der Waals surface area contributed by atoms with Crippen molar-refractivity contribution in [2.75, 3.05) is 0 Å². The van der Waals surface area contributed by atoms with Gasteiger partial charge in [-0.25, -0.2) is 4.98 Å². The van der Waals surface area contributed by atoms with Crippen LogP contribution in [0.4, 0.5) is 13.2 Å². The molecule has 1 N–H and O–H groups in total. The molecular formula is C16H17F3N4O2S. The minimum atomic E-state index is -4.41. The van der Waals surface area contributed by atoms with E-state index in [9.17, 15) is 18.0 Å². The summed E-state index contributed by atoms with van der Waals surface area (Å²) in [6.45, 7) is 1.74. The smallest absolute Gasteiger partial charge is 0.417 e. The van der Waals surface area contributed by atoms with E-state index in [2.05, 4.69) is 19.9 Å². The summed E-state index contributed by atoms with van der Waals surface area (Å²) < 4.78 is 47.0. The molecule has 1 aliphatic rings. The van der Waals surface area contributed by atoms with Crippen LogP contribution >= 0.6 is 11.5 Å². The summed E-state index contributed by atoms with van der Waals surface area (Å²) in [5.41, 5.74) is -0.193. The molecule has 0 unspecified atom stereocenters. The van der Waals surface area contributed by atoms with Gasteiger partial charge in [-0.15, -0.1) is 5.10 Å². The quantitative estimate of drug-likeness (QED) is 0.872. The lowest BCUT2D eigenvalue weighted by molar-refractivity contribution is -0.137. The first-order valence-corrected chi connectivity index (χ1v) is 8.90. The molecule has 2 aromatic heterocycles. The summed E-state index contributed by atoms with van der Waals surface area (Å²) in [4.78, 5) is 16.4. The third-order valence-electron chi connectivity index (χ3n) is 4.22. The molecule has 1 fully saturated rings. The highest BCUT2D eigenvalue weighted by Crippen LogP contribution is 2.30. The average Bonchev–Trinajstić information content (AvgIpc) is 3.02. The Hall–Kier alpha value is -2.23. The highest BCUT2D eigenvalue weighted by molar-refractivity contribution is 7.08. The zero-order valence-corrected chi connectivity index (χ0v) is 14.7. The monoisotopic (exact) mass is 386 g/mol. The molecule has 0 atom stereocenters. The first-order valence-electron chi connectivity index (χ1n) is 8.12. The molecule has 2 heterocycles. The van der Waals surface area contributed by atoms with Crippen LogP contribution in [0.5, 0.6) is 5.88 Å². The van der Waals surface area contributed by atoms with E-state index in [0.29, 0.717) is 23.4 Å². The van der Waals surface area contributed by atoms with E-state index in [-0.39, 0.29) is 23.9 Å². The average molecular weight is 386 g/mol. The minimum absolute atomic E-state index is 0.0319. The van der Waals surface area contributed by atoms with Crippen LogP contribution in [0.25, 0.3) is 0 Å². The van der Waals surface area contributed by atoms with Gasteiger partial charge in [-0.2, -0.15) is 13.2 Å². The predicted molar refractivity (Wildman–Crippen MR) is 88.0 cm³/mol. The summed E-state index contributed by atoms with van der Waals surface area (Å²) in [6, 6.07) is 2.22. The van der Waals surface area contributed by atoms with Crippen LogP contribution in [0.15, 0.2) is 18.3 Å². The van der Waals surface area contributed by atoms with Crippen molar-refractivity contribution in [3.05, 3.63) is 34.5 Å². The molecule has 0 saturated heterocycles. The molecule has 1 amide bonds. The summed E-state index contributed by atoms with van der Waals surface area (Å²) in [6.07, 6.45) is -0.939. The van der Waals surface area contributed by atoms with Gasteiger partial charge < -0.3 is 10.1 Å². The Morgan fingerprint density at radius 3 is 2.54 bits per heavy atom. The number of nitrogens with one attached hydrogen (secondary N) is 1. The Bertz CT molecular complexity index is 756. The van der Waals surface area contributed by atoms with Gasteiger partial charge in [-0.3, -0.25) is 4.79 Å². The van der Waals surface area contributed by atoms with Gasteiger partial charge in [-0.1, -0.05) is 4.49 Å². The van der Waals surface area contributed by atoms with Crippen molar-refractivity contribution in [3.8, 4) is 5.88 Å². The number of aryl methyl sites for hydroxylation is 1. The Morgan fingerprint density at radius 1 is 1.27 bits per heavy atom. The number of halogens is 3. The van der Waals surface area contributed by atoms with E-state index < -0.39 is 11.7 Å². The van der Waals surface area contributed by atoms with Crippen molar-refractivity contribution in [2.45, 2.75) is 50.9 Å². The van der Waals surface area contributed by atoms with Crippen LogP contribution in [0.3, 0.4) is 0 Å². The highest BCUT2D eigenvalue weighted by atomic mass is 32.1. The fourth-order valence-corrected chi connectivity index (χ4v) is 3.36. The molecule has 0 bridgehead atoms. The lowest BCUT2D eigenvalue weighted by Crippen LogP contribution is -2.39. The molecule has 140 valence electrons. The Balaban J connectivity index is 1.48. The number of alkyl halides is 3. The second kappa shape index (κ2) is 7.56. The third kappa shape index (κ3) is 4.48. The molecule has 1 saturated carbocycles. The Morgan fingerprint density at radius 2 is 2.00 bits per heavy atom. The lowest BCUT2D eigenvalue weighted by Gasteiger charge is -2.29. The first-order chi connectivity index (χ1) is 12.3. The standard InChI is InChI=1S/C16H17F3N4O2S/c1-9-14(26-23-22-9)15(24)21-11-3-5-12(6-4-11)25-13-7-2-10(8-20-13)16(17,18)19/h2,7-8,11-12H,3-6H2,1H3,(H,21,24). The summed E-state index contributed by atoms with van der Waals surface area (Å²) in [5, 5.41) is 6.79. The Kier molecular flexibility index (Phi) is 5.40. The van der Waals surface area contributed by atoms with Crippen molar-refractivity contribution in [2.24, 2.45) is 0 Å². The maximum atomic E-state index is 12.5. The van der Waals surface area contributed by atoms with Crippen LogP contribution in [-0.2, 0) is 6.18 Å². The summed E-state index contributed by atoms with van der Waals surface area (Å²) >= 11 is 1.07. The molecule has 0 radical (unpaired) electrons. The molecule has 1 aliphatic carbocycles. The van der Waals surface area contributed by atoms with Gasteiger partial charge in [-0.05, 0) is 50.2 Å². The molecule has 2 aromatic rings. The number of carbonyl (C=O) groups excluding carboxylic acids is 1. The molecule has 10 heteroatoms. The second-order valence-corrected chi connectivity index (χ2v) is 6.89. The number of ether oxygens (including phenoxy) is 1. The number of pyridine rings is 1. The van der Waals surface area contributed by atoms with Gasteiger partial charge in [0.2, 0.25) is 5.88 Å². The number of hydrogen-bond donors (Lipinski definition) is 1. The van der Waals surface area contributed by atoms with E-state index in [1.807, 2.05) is 0 Å². The summed E-state index contributed by atoms with van der Waals surface area (Å²) in [5.74, 6) is 0.00289. The van der Waals surface area contributed by atoms with Gasteiger partial charge in [0.25, 0.3) is 5.91 Å². The molecule has 26 heavy (non-hydrogen) atoms. The normalized spacial score (nSPS) is 20.6. The number of aromatic nitrogens is 3. The van der Waals surface area contributed by atoms with Crippen molar-refractivity contribution < 1.29 is 22.7 Å². The second-order valence-electron chi connectivity index (χ2n) is 6.14. The molecule has 6 nitrogen and oxygen atoms in total. The van der Waals surface area contributed by atoms with E-state index >= 15 is 0 Å². The van der Waals surface area contributed by atoms with Crippen molar-refractivity contribution in [1.29, 1.82) is 0 Å². The van der Waals surface area contributed by atoms with E-state index in [4.69, 9.17) is 4.74 Å². The predicted octanol–water partition coefficient (Wildman–Crippen LogP) is 3.38. The molecule has 0 aromatic carbocycles. The van der Waals surface area contributed by atoms with Crippen LogP contribution in [0.1, 0.15) is 46.6 Å². The number of nitrogens with zero attached hydrogens (tertiary/aromatic N) is 3. The van der Waals surface area contributed by atoms with Crippen LogP contribution in [0.2, 0.25) is 0 Å². The van der Waals surface area contributed by atoms with Gasteiger partial charge in [0.05, 0.1) is 11.3 Å². The fourth-order valence-electron chi connectivity index (χ4n) is 2.80. The molecule has 0 aliphatic heterocycles. The number of carbonyl (C=O) groups is 1. The van der Waals surface area contributed by atoms with Gasteiger partial charge in [0, 0.05) is 18.3 Å². The zero-order chi connectivity index (χ0) is 18.7. The maximum Gasteiger partial charge on any atom is 0.417 e. The number of hydrogen-bond acceptors (Lipinski definition) is 6. The topological polar surface area (TPSA) is 77.0 Å². The molecule has 0 spiro atoms. The molecular weight excluding hydrogens is 369 g/mol. The van der Waals surface area contributed by atoms with Gasteiger partial charge in [0.1, 0.15) is 11.0 Å². The van der Waals surface area contributed by atoms with Crippen LogP contribution in [0, 0.1) is 6.92 Å². The van der Waals surface area contributed by atoms with Gasteiger partial charge in [0.15, 0.2) is 0 Å².